The second-order valence-corrected chi connectivity index (χ2v) is 4.70. The van der Waals surface area contributed by atoms with Crippen molar-refractivity contribution < 1.29 is 0 Å². The Balaban J connectivity index is 2.27. The first-order valence-electron chi connectivity index (χ1n) is 6.47. The van der Waals surface area contributed by atoms with Gasteiger partial charge in [0, 0.05) is 11.9 Å². The van der Waals surface area contributed by atoms with Crippen molar-refractivity contribution in [1.29, 1.82) is 0 Å². The molecule has 1 aromatic carbocycles. The van der Waals surface area contributed by atoms with Gasteiger partial charge in [-0.1, -0.05) is 37.6 Å². The topological polar surface area (TPSA) is 38.9 Å². The lowest BCUT2D eigenvalue weighted by atomic mass is 9.97. The molecule has 0 aliphatic rings. The quantitative estimate of drug-likeness (QED) is 0.889. The first kappa shape index (κ1) is 12.8. The van der Waals surface area contributed by atoms with Gasteiger partial charge in [0.2, 0.25) is 0 Å². The van der Waals surface area contributed by atoms with Crippen molar-refractivity contribution in [1.82, 2.24) is 4.98 Å². The fourth-order valence-electron chi connectivity index (χ4n) is 2.18. The molecular weight excluding hydrogens is 220 g/mol. The molecule has 0 saturated carbocycles. The number of nitrogens with zero attached hydrogens (tertiary/aromatic N) is 1. The summed E-state index contributed by atoms with van der Waals surface area (Å²) in [4.78, 5) is 4.21. The summed E-state index contributed by atoms with van der Waals surface area (Å²) in [5.74, 6) is 0. The summed E-state index contributed by atoms with van der Waals surface area (Å²) in [6, 6.07) is 12.5. The Bertz CT molecular complexity index is 520. The molecule has 0 aliphatic heterocycles. The van der Waals surface area contributed by atoms with E-state index in [-0.39, 0.29) is 6.04 Å². The van der Waals surface area contributed by atoms with Crippen molar-refractivity contribution in [3.8, 4) is 0 Å². The minimum Gasteiger partial charge on any atom is -0.320 e. The lowest BCUT2D eigenvalue weighted by molar-refractivity contribution is 0.853. The Morgan fingerprint density at radius 3 is 2.67 bits per heavy atom. The van der Waals surface area contributed by atoms with Crippen LogP contribution in [0.1, 0.15) is 41.8 Å². The maximum absolute atomic E-state index is 6.32. The number of benzene rings is 1. The van der Waals surface area contributed by atoms with Crippen LogP contribution in [0.5, 0.6) is 0 Å². The van der Waals surface area contributed by atoms with Crippen LogP contribution in [0, 0.1) is 6.92 Å². The van der Waals surface area contributed by atoms with Crippen LogP contribution in [0.3, 0.4) is 0 Å². The summed E-state index contributed by atoms with van der Waals surface area (Å²) in [5, 5.41) is 0. The standard InChI is InChI=1S/C16H20N2/c1-3-5-13-6-4-7-14(11-13)16(17)15-8-9-18-12(2)10-15/h4,6-11,16H,3,5,17H2,1-2H3. The number of aryl methyl sites for hydroxylation is 2. The zero-order valence-electron chi connectivity index (χ0n) is 11.1. The highest BCUT2D eigenvalue weighted by molar-refractivity contribution is 5.34. The van der Waals surface area contributed by atoms with E-state index in [1.165, 1.54) is 11.1 Å². The highest BCUT2D eigenvalue weighted by Crippen LogP contribution is 2.21. The highest BCUT2D eigenvalue weighted by atomic mass is 14.7. The first-order chi connectivity index (χ1) is 8.70. The smallest absolute Gasteiger partial charge is 0.0552 e. The minimum atomic E-state index is -0.0662. The van der Waals surface area contributed by atoms with E-state index in [9.17, 15) is 0 Å². The van der Waals surface area contributed by atoms with Gasteiger partial charge in [0.05, 0.1) is 6.04 Å². The number of aromatic nitrogens is 1. The molecule has 1 unspecified atom stereocenters. The summed E-state index contributed by atoms with van der Waals surface area (Å²) in [6.45, 7) is 4.18. The molecule has 0 aliphatic carbocycles. The third kappa shape index (κ3) is 2.96. The Hall–Kier alpha value is -1.67. The van der Waals surface area contributed by atoms with Gasteiger partial charge in [0.15, 0.2) is 0 Å². The third-order valence-electron chi connectivity index (χ3n) is 3.13. The van der Waals surface area contributed by atoms with Gasteiger partial charge in [-0.05, 0) is 42.2 Å². The lowest BCUT2D eigenvalue weighted by Crippen LogP contribution is -2.12. The molecule has 0 spiro atoms. The van der Waals surface area contributed by atoms with Crippen LogP contribution < -0.4 is 5.73 Å². The maximum Gasteiger partial charge on any atom is 0.0552 e. The fraction of sp³-hybridized carbons (Fsp3) is 0.312. The summed E-state index contributed by atoms with van der Waals surface area (Å²) in [6.07, 6.45) is 4.09. The monoisotopic (exact) mass is 240 g/mol. The van der Waals surface area contributed by atoms with Crippen LogP contribution in [0.15, 0.2) is 42.6 Å². The third-order valence-corrected chi connectivity index (χ3v) is 3.13. The number of hydrogen-bond acceptors (Lipinski definition) is 2. The van der Waals surface area contributed by atoms with Crippen molar-refractivity contribution in [3.63, 3.8) is 0 Å². The molecule has 1 aromatic heterocycles. The SMILES string of the molecule is CCCc1cccc(C(N)c2ccnc(C)c2)c1. The second-order valence-electron chi connectivity index (χ2n) is 4.70. The highest BCUT2D eigenvalue weighted by Gasteiger charge is 2.09. The molecule has 0 amide bonds. The van der Waals surface area contributed by atoms with E-state index < -0.39 is 0 Å². The predicted octanol–water partition coefficient (Wildman–Crippen LogP) is 3.39. The van der Waals surface area contributed by atoms with E-state index in [1.54, 1.807) is 0 Å². The van der Waals surface area contributed by atoms with Gasteiger partial charge < -0.3 is 5.73 Å². The molecule has 2 heteroatoms. The van der Waals surface area contributed by atoms with Crippen LogP contribution in [0.25, 0.3) is 0 Å². The molecular formula is C16H20N2. The zero-order chi connectivity index (χ0) is 13.0. The largest absolute Gasteiger partial charge is 0.320 e. The molecule has 1 atom stereocenters. The first-order valence-corrected chi connectivity index (χ1v) is 6.47. The molecule has 0 saturated heterocycles. The molecule has 2 aromatic rings. The number of pyridine rings is 1. The van der Waals surface area contributed by atoms with Gasteiger partial charge in [0.25, 0.3) is 0 Å². The van der Waals surface area contributed by atoms with Crippen molar-refractivity contribution in [2.45, 2.75) is 32.7 Å². The van der Waals surface area contributed by atoms with E-state index in [0.717, 1.165) is 24.1 Å². The van der Waals surface area contributed by atoms with Crippen LogP contribution in [0.2, 0.25) is 0 Å². The van der Waals surface area contributed by atoms with E-state index in [1.807, 2.05) is 19.2 Å². The Morgan fingerprint density at radius 1 is 1.17 bits per heavy atom. The molecule has 0 bridgehead atoms. The van der Waals surface area contributed by atoms with Gasteiger partial charge in [-0.2, -0.15) is 0 Å². The van der Waals surface area contributed by atoms with Crippen LogP contribution >= 0.6 is 0 Å². The molecule has 2 N–H and O–H groups in total. The molecule has 0 fully saturated rings. The van der Waals surface area contributed by atoms with E-state index >= 15 is 0 Å². The Labute approximate surface area is 109 Å². The number of hydrogen-bond donors (Lipinski definition) is 1. The van der Waals surface area contributed by atoms with Crippen molar-refractivity contribution in [3.05, 3.63) is 65.0 Å². The summed E-state index contributed by atoms with van der Waals surface area (Å²) in [5.41, 5.74) is 11.0. The van der Waals surface area contributed by atoms with E-state index in [2.05, 4.69) is 42.2 Å². The summed E-state index contributed by atoms with van der Waals surface area (Å²) < 4.78 is 0. The van der Waals surface area contributed by atoms with Gasteiger partial charge in [-0.15, -0.1) is 0 Å². The van der Waals surface area contributed by atoms with Crippen LogP contribution in [0.4, 0.5) is 0 Å². The van der Waals surface area contributed by atoms with Gasteiger partial charge >= 0.3 is 0 Å². The fourth-order valence-corrected chi connectivity index (χ4v) is 2.18. The molecule has 2 rings (SSSR count). The average molecular weight is 240 g/mol. The van der Waals surface area contributed by atoms with Crippen molar-refractivity contribution in [2.24, 2.45) is 5.73 Å². The Kier molecular flexibility index (Phi) is 4.11. The summed E-state index contributed by atoms with van der Waals surface area (Å²) in [7, 11) is 0. The normalized spacial score (nSPS) is 12.4. The number of rotatable bonds is 4. The van der Waals surface area contributed by atoms with Crippen molar-refractivity contribution in [2.75, 3.05) is 0 Å². The summed E-state index contributed by atoms with van der Waals surface area (Å²) >= 11 is 0. The van der Waals surface area contributed by atoms with Gasteiger partial charge in [0.1, 0.15) is 0 Å². The predicted molar refractivity (Wildman–Crippen MR) is 75.4 cm³/mol. The average Bonchev–Trinajstić information content (AvgIpc) is 2.39. The zero-order valence-corrected chi connectivity index (χ0v) is 11.1. The maximum atomic E-state index is 6.32. The van der Waals surface area contributed by atoms with Crippen LogP contribution in [-0.2, 0) is 6.42 Å². The lowest BCUT2D eigenvalue weighted by Gasteiger charge is -2.14. The van der Waals surface area contributed by atoms with Gasteiger partial charge in [-0.3, -0.25) is 4.98 Å². The second kappa shape index (κ2) is 5.78. The van der Waals surface area contributed by atoms with Crippen LogP contribution in [-0.4, -0.2) is 4.98 Å². The molecule has 18 heavy (non-hydrogen) atoms. The molecule has 2 nitrogen and oxygen atoms in total. The van der Waals surface area contributed by atoms with E-state index in [0.29, 0.717) is 0 Å². The Morgan fingerprint density at radius 2 is 1.94 bits per heavy atom. The molecule has 94 valence electrons. The van der Waals surface area contributed by atoms with E-state index in [4.69, 9.17) is 5.73 Å². The van der Waals surface area contributed by atoms with Gasteiger partial charge in [-0.25, -0.2) is 0 Å². The minimum absolute atomic E-state index is 0.0662. The molecule has 0 radical (unpaired) electrons. The number of nitrogens with two attached hydrogens (primary N) is 1. The molecule has 1 heterocycles. The van der Waals surface area contributed by atoms with Crippen molar-refractivity contribution >= 4 is 0 Å².